The number of ether oxygens (including phenoxy) is 1. The molecule has 3 rings (SSSR count). The maximum absolute atomic E-state index is 13.2. The topological polar surface area (TPSA) is 137 Å². The first-order valence-corrected chi connectivity index (χ1v) is 16.7. The zero-order valence-corrected chi connectivity index (χ0v) is 30.5. The molecule has 0 spiro atoms. The van der Waals surface area contributed by atoms with E-state index in [0.717, 1.165) is 29.8 Å². The number of nitrogens with one attached hydrogen (secondary N) is 2. The van der Waals surface area contributed by atoms with Crippen molar-refractivity contribution in [3.8, 4) is 11.8 Å². The van der Waals surface area contributed by atoms with E-state index in [1.807, 2.05) is 25.1 Å². The molecule has 0 saturated carbocycles. The minimum atomic E-state index is -0.683. The van der Waals surface area contributed by atoms with Crippen molar-refractivity contribution < 1.29 is 14.3 Å². The second-order valence-electron chi connectivity index (χ2n) is 13.4. The van der Waals surface area contributed by atoms with Crippen molar-refractivity contribution in [1.82, 2.24) is 15.1 Å². The molecule has 0 aliphatic rings. The van der Waals surface area contributed by atoms with Gasteiger partial charge in [0.2, 0.25) is 5.91 Å². The Morgan fingerprint density at radius 2 is 1.75 bits per heavy atom. The number of anilines is 2. The van der Waals surface area contributed by atoms with Crippen LogP contribution in [0, 0.1) is 18.3 Å². The van der Waals surface area contributed by atoms with Crippen molar-refractivity contribution >= 4 is 34.7 Å². The van der Waals surface area contributed by atoms with Crippen LogP contribution < -0.4 is 20.3 Å². The van der Waals surface area contributed by atoms with Crippen molar-refractivity contribution in [2.24, 2.45) is 17.3 Å². The number of carbonyl (C=O) groups excluding carboxylic acids is 2. The number of azo groups is 1. The van der Waals surface area contributed by atoms with E-state index in [4.69, 9.17) is 4.74 Å². The maximum Gasteiger partial charge on any atom is 0.260 e. The van der Waals surface area contributed by atoms with Crippen molar-refractivity contribution in [2.75, 3.05) is 29.9 Å². The summed E-state index contributed by atoms with van der Waals surface area (Å²) >= 11 is 0. The summed E-state index contributed by atoms with van der Waals surface area (Å²) in [6, 6.07) is 14.0. The highest BCUT2D eigenvalue weighted by Gasteiger charge is 2.28. The fourth-order valence-corrected chi connectivity index (χ4v) is 5.24. The summed E-state index contributed by atoms with van der Waals surface area (Å²) in [4.78, 5) is 27.3. The normalized spacial score (nSPS) is 12.5. The monoisotopic (exact) mass is 656 g/mol. The van der Waals surface area contributed by atoms with Crippen molar-refractivity contribution in [2.45, 2.75) is 99.0 Å². The average Bonchev–Trinajstić information content (AvgIpc) is 3.33. The summed E-state index contributed by atoms with van der Waals surface area (Å²) in [5, 5.41) is 28.2. The lowest BCUT2D eigenvalue weighted by Gasteiger charge is -2.31. The highest BCUT2D eigenvalue weighted by molar-refractivity contribution is 5.93. The van der Waals surface area contributed by atoms with Crippen LogP contribution in [0.2, 0.25) is 0 Å². The Hall–Kier alpha value is -4.72. The number of hydrogen-bond donors (Lipinski definition) is 2. The van der Waals surface area contributed by atoms with Gasteiger partial charge < -0.3 is 20.3 Å². The van der Waals surface area contributed by atoms with E-state index in [0.29, 0.717) is 48.1 Å². The number of hydrogen-bond acceptors (Lipinski definition) is 8. The second kappa shape index (κ2) is 15.9. The average molecular weight is 657 g/mol. The molecule has 48 heavy (non-hydrogen) atoms. The van der Waals surface area contributed by atoms with Crippen molar-refractivity contribution in [3.05, 3.63) is 58.8 Å². The summed E-state index contributed by atoms with van der Waals surface area (Å²) in [5.74, 6) is 0.623. The van der Waals surface area contributed by atoms with Gasteiger partial charge in [0.15, 0.2) is 11.9 Å². The molecule has 11 nitrogen and oxygen atoms in total. The zero-order chi connectivity index (χ0) is 35.8. The highest BCUT2D eigenvalue weighted by Crippen LogP contribution is 2.39. The van der Waals surface area contributed by atoms with Crippen LogP contribution in [-0.2, 0) is 27.5 Å². The Kier molecular flexibility index (Phi) is 12.5. The molecular weight excluding hydrogens is 604 g/mol. The molecule has 3 aromatic rings. The number of nitrogens with zero attached hydrogens (tertiary/aromatic N) is 6. The van der Waals surface area contributed by atoms with Gasteiger partial charge in [0.05, 0.1) is 11.4 Å². The third kappa shape index (κ3) is 9.00. The van der Waals surface area contributed by atoms with E-state index >= 15 is 0 Å². The van der Waals surface area contributed by atoms with Gasteiger partial charge in [0, 0.05) is 44.9 Å². The van der Waals surface area contributed by atoms with Gasteiger partial charge in [-0.3, -0.25) is 9.59 Å². The first-order chi connectivity index (χ1) is 22.6. The lowest BCUT2D eigenvalue weighted by atomic mass is 9.76. The summed E-state index contributed by atoms with van der Waals surface area (Å²) in [7, 11) is 1.69. The molecule has 0 saturated heterocycles. The number of carbonyl (C=O) groups is 2. The van der Waals surface area contributed by atoms with E-state index in [-0.39, 0.29) is 22.6 Å². The smallest absolute Gasteiger partial charge is 0.260 e. The van der Waals surface area contributed by atoms with Crippen LogP contribution in [0.25, 0.3) is 0 Å². The number of nitriles is 1. The highest BCUT2D eigenvalue weighted by atomic mass is 16.5. The molecule has 0 aliphatic carbocycles. The predicted molar refractivity (Wildman–Crippen MR) is 192 cm³/mol. The molecule has 2 aromatic carbocycles. The van der Waals surface area contributed by atoms with Crippen LogP contribution in [0.4, 0.5) is 22.9 Å². The number of rotatable bonds is 15. The predicted octanol–water partition coefficient (Wildman–Crippen LogP) is 7.76. The number of aromatic nitrogens is 2. The fourth-order valence-electron chi connectivity index (χ4n) is 5.24. The Morgan fingerprint density at radius 1 is 1.06 bits per heavy atom. The number of amides is 2. The SMILES string of the molecule is CCN(CCNC(=O)C(C)Oc1ccc(C(C)(C)CC)cc1C(C)(C)CC)c1ccc(N=Nc2c(C#N)c(C)nn2C)c(NC(C)=O)c1. The third-order valence-electron chi connectivity index (χ3n) is 9.21. The molecule has 1 unspecified atom stereocenters. The van der Waals surface area contributed by atoms with Gasteiger partial charge in [-0.05, 0) is 74.3 Å². The van der Waals surface area contributed by atoms with E-state index in [2.05, 4.69) is 90.6 Å². The van der Waals surface area contributed by atoms with Crippen LogP contribution >= 0.6 is 0 Å². The van der Waals surface area contributed by atoms with E-state index in [1.165, 1.54) is 17.2 Å². The first-order valence-electron chi connectivity index (χ1n) is 16.7. The van der Waals surface area contributed by atoms with Gasteiger partial charge in [-0.1, -0.05) is 53.7 Å². The molecule has 258 valence electrons. The zero-order valence-electron chi connectivity index (χ0n) is 30.5. The molecule has 1 aromatic heterocycles. The van der Waals surface area contributed by atoms with Gasteiger partial charge in [0.25, 0.3) is 5.91 Å². The van der Waals surface area contributed by atoms with Gasteiger partial charge >= 0.3 is 0 Å². The molecule has 0 aliphatic heterocycles. The quantitative estimate of drug-likeness (QED) is 0.160. The first kappa shape index (κ1) is 37.7. The van der Waals surface area contributed by atoms with E-state index in [1.54, 1.807) is 27.0 Å². The third-order valence-corrected chi connectivity index (χ3v) is 9.21. The van der Waals surface area contributed by atoms with Crippen molar-refractivity contribution in [3.63, 3.8) is 0 Å². The van der Waals surface area contributed by atoms with Crippen molar-refractivity contribution in [1.29, 1.82) is 5.26 Å². The summed E-state index contributed by atoms with van der Waals surface area (Å²) in [6.45, 7) is 21.8. The Balaban J connectivity index is 1.73. The molecule has 1 heterocycles. The van der Waals surface area contributed by atoms with Crippen LogP contribution in [-0.4, -0.2) is 47.3 Å². The van der Waals surface area contributed by atoms with Crippen LogP contribution in [0.15, 0.2) is 46.6 Å². The lowest BCUT2D eigenvalue weighted by molar-refractivity contribution is -0.127. The molecule has 2 amide bonds. The lowest BCUT2D eigenvalue weighted by Crippen LogP contribution is -2.41. The molecule has 0 fully saturated rings. The Morgan fingerprint density at radius 3 is 2.35 bits per heavy atom. The molecule has 0 radical (unpaired) electrons. The van der Waals surface area contributed by atoms with E-state index in [9.17, 15) is 14.9 Å². The molecule has 2 N–H and O–H groups in total. The Bertz CT molecular complexity index is 1680. The Labute approximate surface area is 285 Å². The standard InChI is InChI=1S/C37H52N8O3/c1-12-36(7,8)27-15-18-33(30(21-27)37(9,10)13-2)48-25(5)35(47)39-19-20-45(14-3)28-16-17-31(32(22-28)40-26(6)46)41-42-34-29(23-38)24(4)43-44(34)11/h15-18,21-22,25H,12-14,19-20H2,1-11H3,(H,39,47)(H,40,46). The summed E-state index contributed by atoms with van der Waals surface area (Å²) in [6.07, 6.45) is 1.27. The minimum absolute atomic E-state index is 0.0412. The van der Waals surface area contributed by atoms with Gasteiger partial charge in [-0.25, -0.2) is 4.68 Å². The summed E-state index contributed by atoms with van der Waals surface area (Å²) in [5.41, 5.74) is 4.96. The van der Waals surface area contributed by atoms with E-state index < -0.39 is 6.10 Å². The number of aryl methyl sites for hydroxylation is 2. The molecule has 11 heteroatoms. The number of benzene rings is 2. The largest absolute Gasteiger partial charge is 0.481 e. The minimum Gasteiger partial charge on any atom is -0.481 e. The van der Waals surface area contributed by atoms with Crippen LogP contribution in [0.3, 0.4) is 0 Å². The molecular formula is C37H52N8O3. The molecule has 1 atom stereocenters. The maximum atomic E-state index is 13.2. The van der Waals surface area contributed by atoms with Gasteiger partial charge in [-0.15, -0.1) is 10.2 Å². The van der Waals surface area contributed by atoms with Crippen LogP contribution in [0.5, 0.6) is 5.75 Å². The fraction of sp³-hybridized carbons (Fsp3) is 0.514. The van der Waals surface area contributed by atoms with Gasteiger partial charge in [0.1, 0.15) is 23.1 Å². The number of likely N-dealkylation sites (N-methyl/N-ethyl adjacent to an activating group) is 1. The van der Waals surface area contributed by atoms with Gasteiger partial charge in [-0.2, -0.15) is 10.4 Å². The van der Waals surface area contributed by atoms with Crippen LogP contribution in [0.1, 0.15) is 97.5 Å². The molecule has 0 bridgehead atoms. The second-order valence-corrected chi connectivity index (χ2v) is 13.4. The summed E-state index contributed by atoms with van der Waals surface area (Å²) < 4.78 is 7.80.